The molecule has 124 valence electrons. The molecule has 2 heterocycles. The molecule has 0 unspecified atom stereocenters. The first kappa shape index (κ1) is 15.8. The number of H-pyrrole nitrogens is 1. The molecule has 4 N–H and O–H groups in total. The topological polar surface area (TPSA) is 104 Å². The van der Waals surface area contributed by atoms with Crippen molar-refractivity contribution in [3.8, 4) is 11.3 Å². The summed E-state index contributed by atoms with van der Waals surface area (Å²) in [5, 5.41) is 10.1. The van der Waals surface area contributed by atoms with Crippen molar-refractivity contribution in [2.45, 2.75) is 13.0 Å². The number of fused-ring (bicyclic) bond motifs is 1. The normalized spacial score (nSPS) is 13.8. The van der Waals surface area contributed by atoms with E-state index in [-0.39, 0.29) is 18.4 Å². The minimum atomic E-state index is -0.264. The van der Waals surface area contributed by atoms with E-state index >= 15 is 0 Å². The summed E-state index contributed by atoms with van der Waals surface area (Å²) in [4.78, 5) is 25.4. The molecule has 1 aromatic carbocycles. The molecule has 3 rings (SSSR count). The minimum Gasteiger partial charge on any atom is -0.404 e. The molecule has 7 heteroatoms. The molecule has 1 aliphatic rings. The number of hydrogen-bond acceptors (Lipinski definition) is 4. The molecular weight excluding hydrogens is 306 g/mol. The van der Waals surface area contributed by atoms with Gasteiger partial charge < -0.3 is 16.0 Å². The number of nitrogens with one attached hydrogen (secondary N) is 2. The van der Waals surface area contributed by atoms with E-state index in [0.29, 0.717) is 19.5 Å². The highest BCUT2D eigenvalue weighted by molar-refractivity contribution is 5.93. The molecule has 0 radical (unpaired) electrons. The first-order valence-electron chi connectivity index (χ1n) is 7.74. The maximum absolute atomic E-state index is 12.3. The third-order valence-corrected chi connectivity index (χ3v) is 3.96. The van der Waals surface area contributed by atoms with Crippen molar-refractivity contribution in [1.29, 1.82) is 0 Å². The third kappa shape index (κ3) is 3.29. The van der Waals surface area contributed by atoms with Gasteiger partial charge in [0, 0.05) is 29.8 Å². The summed E-state index contributed by atoms with van der Waals surface area (Å²) in [6, 6.07) is 9.59. The van der Waals surface area contributed by atoms with Crippen LogP contribution in [0.25, 0.3) is 11.3 Å². The zero-order valence-corrected chi connectivity index (χ0v) is 13.2. The van der Waals surface area contributed by atoms with Gasteiger partial charge in [0.2, 0.25) is 0 Å². The maximum Gasteiger partial charge on any atom is 0.318 e. The lowest BCUT2D eigenvalue weighted by Crippen LogP contribution is -2.44. The molecule has 0 saturated carbocycles. The van der Waals surface area contributed by atoms with Crippen molar-refractivity contribution in [2.24, 2.45) is 5.73 Å². The molecule has 0 saturated heterocycles. The summed E-state index contributed by atoms with van der Waals surface area (Å²) >= 11 is 0. The highest BCUT2D eigenvalue weighted by Gasteiger charge is 2.25. The predicted molar refractivity (Wildman–Crippen MR) is 89.9 cm³/mol. The number of carbonyl (C=O) groups excluding carboxylic acids is 2. The molecule has 1 aromatic heterocycles. The Balaban J connectivity index is 1.71. The van der Waals surface area contributed by atoms with Crippen LogP contribution in [-0.4, -0.2) is 40.0 Å². The molecule has 0 atom stereocenters. The maximum atomic E-state index is 12.3. The Morgan fingerprint density at radius 3 is 2.88 bits per heavy atom. The zero-order chi connectivity index (χ0) is 16.9. The van der Waals surface area contributed by atoms with Gasteiger partial charge in [-0.2, -0.15) is 5.10 Å². The van der Waals surface area contributed by atoms with E-state index in [1.807, 2.05) is 30.3 Å². The van der Waals surface area contributed by atoms with E-state index in [4.69, 9.17) is 5.73 Å². The van der Waals surface area contributed by atoms with E-state index < -0.39 is 0 Å². The molecule has 0 spiro atoms. The second-order valence-electron chi connectivity index (χ2n) is 5.55. The van der Waals surface area contributed by atoms with Crippen molar-refractivity contribution in [2.75, 3.05) is 13.1 Å². The molecule has 0 aliphatic carbocycles. The van der Waals surface area contributed by atoms with Crippen molar-refractivity contribution < 1.29 is 9.59 Å². The number of aromatic nitrogens is 2. The summed E-state index contributed by atoms with van der Waals surface area (Å²) in [6.45, 7) is 0.978. The molecule has 0 fully saturated rings. The molecule has 7 nitrogen and oxygen atoms in total. The first-order chi connectivity index (χ1) is 11.7. The first-order valence-corrected chi connectivity index (χ1v) is 7.74. The van der Waals surface area contributed by atoms with Gasteiger partial charge in [-0.25, -0.2) is 4.79 Å². The number of benzene rings is 1. The highest BCUT2D eigenvalue weighted by atomic mass is 16.2. The van der Waals surface area contributed by atoms with Crippen LogP contribution >= 0.6 is 0 Å². The Hall–Kier alpha value is -3.09. The van der Waals surface area contributed by atoms with Crippen LogP contribution in [0.1, 0.15) is 11.3 Å². The van der Waals surface area contributed by atoms with Crippen LogP contribution < -0.4 is 11.1 Å². The average molecular weight is 325 g/mol. The lowest BCUT2D eigenvalue weighted by molar-refractivity contribution is -0.113. The smallest absolute Gasteiger partial charge is 0.318 e. The Bertz CT molecular complexity index is 767. The fourth-order valence-corrected chi connectivity index (χ4v) is 2.74. The minimum absolute atomic E-state index is 0.0627. The summed E-state index contributed by atoms with van der Waals surface area (Å²) in [7, 11) is 0. The van der Waals surface area contributed by atoms with Gasteiger partial charge in [-0.05, 0) is 12.3 Å². The summed E-state index contributed by atoms with van der Waals surface area (Å²) in [5.74, 6) is -0.239. The fraction of sp³-hybridized carbons (Fsp3) is 0.235. The SMILES string of the molecule is NC=CC(=O)CNC(=O)N1CCc2[nH]nc(-c3ccccc3)c2C1. The number of urea groups is 1. The highest BCUT2D eigenvalue weighted by Crippen LogP contribution is 2.28. The molecule has 0 bridgehead atoms. The van der Waals surface area contributed by atoms with Gasteiger partial charge in [0.15, 0.2) is 5.78 Å². The van der Waals surface area contributed by atoms with E-state index in [9.17, 15) is 9.59 Å². The Kier molecular flexibility index (Phi) is 4.60. The van der Waals surface area contributed by atoms with E-state index in [2.05, 4.69) is 15.5 Å². The molecule has 24 heavy (non-hydrogen) atoms. The quantitative estimate of drug-likeness (QED) is 0.734. The van der Waals surface area contributed by atoms with Crippen LogP contribution in [0.4, 0.5) is 4.79 Å². The summed E-state index contributed by atoms with van der Waals surface area (Å²) < 4.78 is 0. The number of nitrogens with zero attached hydrogens (tertiary/aromatic N) is 2. The van der Waals surface area contributed by atoms with Gasteiger partial charge in [0.1, 0.15) is 0 Å². The van der Waals surface area contributed by atoms with Gasteiger partial charge in [-0.15, -0.1) is 0 Å². The molecule has 2 amide bonds. The van der Waals surface area contributed by atoms with Crippen LogP contribution in [0.2, 0.25) is 0 Å². The van der Waals surface area contributed by atoms with Crippen LogP contribution in [0, 0.1) is 0 Å². The van der Waals surface area contributed by atoms with Crippen molar-refractivity contribution in [1.82, 2.24) is 20.4 Å². The van der Waals surface area contributed by atoms with E-state index in [1.165, 1.54) is 12.3 Å². The number of aromatic amines is 1. The van der Waals surface area contributed by atoms with Crippen molar-refractivity contribution in [3.05, 3.63) is 53.9 Å². The van der Waals surface area contributed by atoms with Crippen molar-refractivity contribution in [3.63, 3.8) is 0 Å². The number of nitrogens with two attached hydrogens (primary N) is 1. The van der Waals surface area contributed by atoms with Crippen LogP contribution in [0.3, 0.4) is 0 Å². The second kappa shape index (κ2) is 6.99. The van der Waals surface area contributed by atoms with Crippen LogP contribution in [0.15, 0.2) is 42.6 Å². The Morgan fingerprint density at radius 2 is 2.12 bits per heavy atom. The Morgan fingerprint density at radius 1 is 1.33 bits per heavy atom. The van der Waals surface area contributed by atoms with E-state index in [0.717, 1.165) is 22.5 Å². The second-order valence-corrected chi connectivity index (χ2v) is 5.55. The van der Waals surface area contributed by atoms with Gasteiger partial charge in [-0.1, -0.05) is 30.3 Å². The lowest BCUT2D eigenvalue weighted by atomic mass is 10.0. The van der Waals surface area contributed by atoms with Crippen molar-refractivity contribution >= 4 is 11.8 Å². The summed E-state index contributed by atoms with van der Waals surface area (Å²) in [5.41, 5.74) is 9.12. The number of hydrogen-bond donors (Lipinski definition) is 3. The van der Waals surface area contributed by atoms with E-state index in [1.54, 1.807) is 4.90 Å². The van der Waals surface area contributed by atoms with Gasteiger partial charge in [0.05, 0.1) is 18.8 Å². The zero-order valence-electron chi connectivity index (χ0n) is 13.2. The standard InChI is InChI=1S/C17H19N5O2/c18-8-6-13(23)10-19-17(24)22-9-7-15-14(11-22)16(21-20-15)12-4-2-1-3-5-12/h1-6,8H,7,9-11,18H2,(H,19,24)(H,20,21). The molecular formula is C17H19N5O2. The summed E-state index contributed by atoms with van der Waals surface area (Å²) in [6.07, 6.45) is 3.11. The van der Waals surface area contributed by atoms with Gasteiger partial charge in [0.25, 0.3) is 0 Å². The third-order valence-electron chi connectivity index (χ3n) is 3.96. The molecule has 1 aliphatic heterocycles. The monoisotopic (exact) mass is 325 g/mol. The lowest BCUT2D eigenvalue weighted by Gasteiger charge is -2.27. The fourth-order valence-electron chi connectivity index (χ4n) is 2.74. The van der Waals surface area contributed by atoms with Crippen LogP contribution in [-0.2, 0) is 17.8 Å². The van der Waals surface area contributed by atoms with Gasteiger partial charge in [-0.3, -0.25) is 9.89 Å². The average Bonchev–Trinajstić information content (AvgIpc) is 3.04. The largest absolute Gasteiger partial charge is 0.404 e. The van der Waals surface area contributed by atoms with Crippen LogP contribution in [0.5, 0.6) is 0 Å². The number of rotatable bonds is 4. The predicted octanol–water partition coefficient (Wildman–Crippen LogP) is 1.19. The molecule has 2 aromatic rings. The number of amides is 2. The number of ketones is 1. The van der Waals surface area contributed by atoms with Gasteiger partial charge >= 0.3 is 6.03 Å². The Labute approximate surface area is 139 Å². The number of carbonyl (C=O) groups is 2.